The Morgan fingerprint density at radius 2 is 2.15 bits per heavy atom. The fourth-order valence-corrected chi connectivity index (χ4v) is 2.26. The summed E-state index contributed by atoms with van der Waals surface area (Å²) in [5, 5.41) is 6.61. The summed E-state index contributed by atoms with van der Waals surface area (Å²) in [5.74, 6) is 1.00. The van der Waals surface area contributed by atoms with Gasteiger partial charge < -0.3 is 4.52 Å². The van der Waals surface area contributed by atoms with E-state index < -0.39 is 0 Å². The maximum atomic E-state index is 12.0. The summed E-state index contributed by atoms with van der Waals surface area (Å²) in [4.78, 5) is 20.2. The molecule has 0 radical (unpaired) electrons. The zero-order chi connectivity index (χ0) is 14.7. The molecule has 0 unspecified atom stereocenters. The lowest BCUT2D eigenvalue weighted by molar-refractivity contribution is -0.116. The Kier molecular flexibility index (Phi) is 4.12. The third kappa shape index (κ3) is 3.20. The van der Waals surface area contributed by atoms with Crippen LogP contribution in [0.4, 0.5) is 5.95 Å². The molecule has 1 amide bonds. The molecule has 0 fully saturated rings. The number of carbonyl (C=O) groups is 1. The molecule has 0 saturated heterocycles. The van der Waals surface area contributed by atoms with E-state index in [1.807, 2.05) is 27.7 Å². The molecule has 6 heteroatoms. The second-order valence-electron chi connectivity index (χ2n) is 4.91. The molecule has 2 rings (SSSR count). The molecule has 20 heavy (non-hydrogen) atoms. The standard InChI is InChI=1S/C14H18N4O2/c1-8(13-10(3)18-20-11(13)4)7-12(19)17-14-15-6-5-9(2)16-14/h5-6,8H,7H2,1-4H3,(H,15,16,17,19)/t8-/m1/s1. The van der Waals surface area contributed by atoms with Crippen LogP contribution in [0.15, 0.2) is 16.8 Å². The van der Waals surface area contributed by atoms with Gasteiger partial charge in [-0.3, -0.25) is 10.1 Å². The van der Waals surface area contributed by atoms with E-state index >= 15 is 0 Å². The van der Waals surface area contributed by atoms with Crippen LogP contribution in [-0.4, -0.2) is 21.0 Å². The van der Waals surface area contributed by atoms with Crippen molar-refractivity contribution in [2.24, 2.45) is 0 Å². The predicted octanol–water partition coefficient (Wildman–Crippen LogP) is 2.52. The van der Waals surface area contributed by atoms with Gasteiger partial charge in [-0.05, 0) is 32.8 Å². The van der Waals surface area contributed by atoms with E-state index in [-0.39, 0.29) is 11.8 Å². The highest BCUT2D eigenvalue weighted by atomic mass is 16.5. The van der Waals surface area contributed by atoms with Gasteiger partial charge >= 0.3 is 0 Å². The van der Waals surface area contributed by atoms with Crippen molar-refractivity contribution in [2.45, 2.75) is 40.0 Å². The molecule has 0 aliphatic heterocycles. The number of aryl methyl sites for hydroxylation is 3. The molecule has 0 aliphatic rings. The third-order valence-corrected chi connectivity index (χ3v) is 3.12. The number of hydrogen-bond donors (Lipinski definition) is 1. The normalized spacial score (nSPS) is 12.2. The molecule has 0 bridgehead atoms. The van der Waals surface area contributed by atoms with E-state index in [1.54, 1.807) is 12.3 Å². The monoisotopic (exact) mass is 274 g/mol. The van der Waals surface area contributed by atoms with Crippen LogP contribution >= 0.6 is 0 Å². The van der Waals surface area contributed by atoms with Crippen molar-refractivity contribution >= 4 is 11.9 Å². The van der Waals surface area contributed by atoms with Crippen molar-refractivity contribution in [3.63, 3.8) is 0 Å². The summed E-state index contributed by atoms with van der Waals surface area (Å²) in [5.41, 5.74) is 2.63. The van der Waals surface area contributed by atoms with Gasteiger partial charge in [0, 0.05) is 23.9 Å². The third-order valence-electron chi connectivity index (χ3n) is 3.12. The molecule has 0 aliphatic carbocycles. The number of aromatic nitrogens is 3. The molecule has 0 aromatic carbocycles. The zero-order valence-electron chi connectivity index (χ0n) is 12.1. The number of carbonyl (C=O) groups excluding carboxylic acids is 1. The summed E-state index contributed by atoms with van der Waals surface area (Å²) in [6.07, 6.45) is 1.95. The van der Waals surface area contributed by atoms with Crippen molar-refractivity contribution in [1.29, 1.82) is 0 Å². The summed E-state index contributed by atoms with van der Waals surface area (Å²) in [6, 6.07) is 1.78. The minimum Gasteiger partial charge on any atom is -0.361 e. The largest absolute Gasteiger partial charge is 0.361 e. The summed E-state index contributed by atoms with van der Waals surface area (Å²) in [6.45, 7) is 7.56. The van der Waals surface area contributed by atoms with E-state index in [0.717, 1.165) is 22.7 Å². The zero-order valence-corrected chi connectivity index (χ0v) is 12.1. The Morgan fingerprint density at radius 3 is 2.75 bits per heavy atom. The number of amides is 1. The number of nitrogens with zero attached hydrogens (tertiary/aromatic N) is 3. The molecule has 2 heterocycles. The summed E-state index contributed by atoms with van der Waals surface area (Å²) in [7, 11) is 0. The second-order valence-corrected chi connectivity index (χ2v) is 4.91. The van der Waals surface area contributed by atoms with E-state index in [1.165, 1.54) is 0 Å². The van der Waals surface area contributed by atoms with Gasteiger partial charge in [0.2, 0.25) is 11.9 Å². The van der Waals surface area contributed by atoms with Crippen molar-refractivity contribution in [2.75, 3.05) is 5.32 Å². The number of rotatable bonds is 4. The fraction of sp³-hybridized carbons (Fsp3) is 0.429. The lowest BCUT2D eigenvalue weighted by Gasteiger charge is -2.10. The Hall–Kier alpha value is -2.24. The van der Waals surface area contributed by atoms with Crippen LogP contribution in [0.1, 0.15) is 42.0 Å². The van der Waals surface area contributed by atoms with Crippen LogP contribution in [0.25, 0.3) is 0 Å². The Balaban J connectivity index is 2.01. The van der Waals surface area contributed by atoms with Crippen LogP contribution in [-0.2, 0) is 4.79 Å². The van der Waals surface area contributed by atoms with Crippen molar-refractivity contribution < 1.29 is 9.32 Å². The number of anilines is 1. The number of nitrogens with one attached hydrogen (secondary N) is 1. The van der Waals surface area contributed by atoms with Crippen LogP contribution in [0, 0.1) is 20.8 Å². The molecule has 106 valence electrons. The smallest absolute Gasteiger partial charge is 0.229 e. The topological polar surface area (TPSA) is 80.9 Å². The lowest BCUT2D eigenvalue weighted by Crippen LogP contribution is -2.16. The first-order valence-corrected chi connectivity index (χ1v) is 6.49. The molecule has 0 spiro atoms. The second kappa shape index (κ2) is 5.81. The van der Waals surface area contributed by atoms with Gasteiger partial charge in [0.25, 0.3) is 0 Å². The maximum Gasteiger partial charge on any atom is 0.229 e. The van der Waals surface area contributed by atoms with Crippen LogP contribution in [0.5, 0.6) is 0 Å². The van der Waals surface area contributed by atoms with E-state index in [4.69, 9.17) is 4.52 Å². The highest BCUT2D eigenvalue weighted by molar-refractivity contribution is 5.89. The Labute approximate surface area is 117 Å². The first kappa shape index (κ1) is 14.2. The van der Waals surface area contributed by atoms with Crippen molar-refractivity contribution in [3.05, 3.63) is 35.0 Å². The highest BCUT2D eigenvalue weighted by Gasteiger charge is 2.19. The van der Waals surface area contributed by atoms with Crippen LogP contribution in [0.3, 0.4) is 0 Å². The summed E-state index contributed by atoms with van der Waals surface area (Å²) >= 11 is 0. The van der Waals surface area contributed by atoms with E-state index in [9.17, 15) is 4.79 Å². The number of hydrogen-bond acceptors (Lipinski definition) is 5. The lowest BCUT2D eigenvalue weighted by atomic mass is 9.96. The van der Waals surface area contributed by atoms with Crippen LogP contribution < -0.4 is 5.32 Å². The van der Waals surface area contributed by atoms with E-state index in [0.29, 0.717) is 12.4 Å². The van der Waals surface area contributed by atoms with Crippen molar-refractivity contribution in [3.8, 4) is 0 Å². The molecule has 1 atom stereocenters. The van der Waals surface area contributed by atoms with Gasteiger partial charge in [-0.2, -0.15) is 0 Å². The van der Waals surface area contributed by atoms with Gasteiger partial charge in [-0.1, -0.05) is 12.1 Å². The van der Waals surface area contributed by atoms with Gasteiger partial charge in [-0.15, -0.1) is 0 Å². The van der Waals surface area contributed by atoms with Gasteiger partial charge in [0.05, 0.1) is 5.69 Å². The van der Waals surface area contributed by atoms with E-state index in [2.05, 4.69) is 20.4 Å². The average molecular weight is 274 g/mol. The molecular formula is C14H18N4O2. The first-order valence-electron chi connectivity index (χ1n) is 6.49. The fourth-order valence-electron chi connectivity index (χ4n) is 2.26. The SMILES string of the molecule is Cc1ccnc(NC(=O)C[C@@H](C)c2c(C)noc2C)n1. The van der Waals surface area contributed by atoms with Crippen LogP contribution in [0.2, 0.25) is 0 Å². The van der Waals surface area contributed by atoms with Gasteiger partial charge in [0.15, 0.2) is 0 Å². The molecule has 2 aromatic heterocycles. The minimum absolute atomic E-state index is 0.0334. The molecule has 6 nitrogen and oxygen atoms in total. The molecule has 2 aromatic rings. The minimum atomic E-state index is -0.122. The molecule has 1 N–H and O–H groups in total. The molecular weight excluding hydrogens is 256 g/mol. The quantitative estimate of drug-likeness (QED) is 0.926. The Bertz CT molecular complexity index is 602. The predicted molar refractivity (Wildman–Crippen MR) is 74.4 cm³/mol. The highest BCUT2D eigenvalue weighted by Crippen LogP contribution is 2.25. The van der Waals surface area contributed by atoms with Crippen molar-refractivity contribution in [1.82, 2.24) is 15.1 Å². The van der Waals surface area contributed by atoms with Gasteiger partial charge in [0.1, 0.15) is 5.76 Å². The Morgan fingerprint density at radius 1 is 1.40 bits per heavy atom. The summed E-state index contributed by atoms with van der Waals surface area (Å²) < 4.78 is 5.13. The molecule has 0 saturated carbocycles. The maximum absolute atomic E-state index is 12.0. The van der Waals surface area contributed by atoms with Gasteiger partial charge in [-0.25, -0.2) is 9.97 Å². The first-order chi connectivity index (χ1) is 9.47. The average Bonchev–Trinajstić information content (AvgIpc) is 2.68.